The summed E-state index contributed by atoms with van der Waals surface area (Å²) in [6.07, 6.45) is 0. The van der Waals surface area contributed by atoms with E-state index >= 15 is 0 Å². The average Bonchev–Trinajstić information content (AvgIpc) is 2.57. The largest absolute Gasteiger partial charge is 0.488 e. The molecule has 1 amide bonds. The second-order valence-electron chi connectivity index (χ2n) is 5.87. The molecule has 2 aromatic carbocycles. The molecule has 0 bridgehead atoms. The van der Waals surface area contributed by atoms with E-state index < -0.39 is 0 Å². The van der Waals surface area contributed by atoms with E-state index in [1.807, 2.05) is 19.2 Å². The number of likely N-dealkylation sites (N-methyl/N-ethyl adjacent to an activating group) is 1. The van der Waals surface area contributed by atoms with Gasteiger partial charge in [0.15, 0.2) is 12.3 Å². The maximum atomic E-state index is 12.1. The molecule has 0 spiro atoms. The fraction of sp³-hybridized carbons (Fsp3) is 0.263. The van der Waals surface area contributed by atoms with Crippen LogP contribution in [0.25, 0.3) is 0 Å². The van der Waals surface area contributed by atoms with E-state index in [4.69, 9.17) is 16.3 Å². The molecule has 2 rings (SSSR count). The van der Waals surface area contributed by atoms with Gasteiger partial charge >= 0.3 is 0 Å². The Kier molecular flexibility index (Phi) is 6.98. The predicted molar refractivity (Wildman–Crippen MR) is 98.6 cm³/mol. The molecular formula is C19H22ClN2O3+. The van der Waals surface area contributed by atoms with Crippen LogP contribution < -0.4 is 15.0 Å². The first-order valence-corrected chi connectivity index (χ1v) is 8.42. The average molecular weight is 362 g/mol. The number of quaternary nitrogens is 1. The molecule has 6 heteroatoms. The first-order chi connectivity index (χ1) is 11.9. The molecule has 25 heavy (non-hydrogen) atoms. The molecule has 0 saturated carbocycles. The summed E-state index contributed by atoms with van der Waals surface area (Å²) in [6, 6.07) is 14.0. The van der Waals surface area contributed by atoms with E-state index in [1.165, 1.54) is 6.92 Å². The third-order valence-corrected chi connectivity index (χ3v) is 3.90. The SMILES string of the molecule is CC(=O)c1ccc(NC(=O)C[NH+](C)CCOc2ccc(Cl)cc2)cc1. The summed E-state index contributed by atoms with van der Waals surface area (Å²) in [5, 5.41) is 3.50. The van der Waals surface area contributed by atoms with Crippen LogP contribution in [0, 0.1) is 0 Å². The number of ketones is 1. The van der Waals surface area contributed by atoms with Crippen molar-refractivity contribution in [3.63, 3.8) is 0 Å². The van der Waals surface area contributed by atoms with Gasteiger partial charge in [-0.15, -0.1) is 0 Å². The molecule has 132 valence electrons. The van der Waals surface area contributed by atoms with E-state index in [1.54, 1.807) is 36.4 Å². The Hall–Kier alpha value is -2.37. The number of amides is 1. The van der Waals surface area contributed by atoms with Gasteiger partial charge in [0.1, 0.15) is 18.9 Å². The highest BCUT2D eigenvalue weighted by molar-refractivity contribution is 6.30. The number of carbonyl (C=O) groups excluding carboxylic acids is 2. The summed E-state index contributed by atoms with van der Waals surface area (Å²) >= 11 is 5.82. The van der Waals surface area contributed by atoms with Crippen molar-refractivity contribution in [2.75, 3.05) is 32.1 Å². The van der Waals surface area contributed by atoms with Crippen LogP contribution in [0.15, 0.2) is 48.5 Å². The number of halogens is 1. The van der Waals surface area contributed by atoms with Crippen molar-refractivity contribution < 1.29 is 19.2 Å². The zero-order valence-corrected chi connectivity index (χ0v) is 15.1. The van der Waals surface area contributed by atoms with Gasteiger partial charge in [0.05, 0.1) is 7.05 Å². The number of hydrogen-bond donors (Lipinski definition) is 2. The van der Waals surface area contributed by atoms with Crippen LogP contribution >= 0.6 is 11.6 Å². The van der Waals surface area contributed by atoms with E-state index in [2.05, 4.69) is 5.32 Å². The van der Waals surface area contributed by atoms with Crippen LogP contribution in [0.4, 0.5) is 5.69 Å². The summed E-state index contributed by atoms with van der Waals surface area (Å²) in [6.45, 7) is 3.05. The van der Waals surface area contributed by atoms with Crippen LogP contribution in [-0.2, 0) is 4.79 Å². The van der Waals surface area contributed by atoms with Crippen molar-refractivity contribution in [2.45, 2.75) is 6.92 Å². The number of benzene rings is 2. The normalized spacial score (nSPS) is 11.6. The summed E-state index contributed by atoms with van der Waals surface area (Å²) in [4.78, 5) is 24.3. The van der Waals surface area contributed by atoms with Gasteiger partial charge in [0.2, 0.25) is 0 Å². The van der Waals surface area contributed by atoms with Gasteiger partial charge in [-0.3, -0.25) is 9.59 Å². The number of Topliss-reactive ketones (excluding diaryl/α,β-unsaturated/α-hetero) is 1. The number of rotatable bonds is 8. The van der Waals surface area contributed by atoms with Crippen molar-refractivity contribution in [1.82, 2.24) is 0 Å². The van der Waals surface area contributed by atoms with E-state index in [0.29, 0.717) is 36.0 Å². The Labute approximate surface area is 152 Å². The van der Waals surface area contributed by atoms with Gasteiger partial charge in [-0.2, -0.15) is 0 Å². The Bertz CT molecular complexity index is 714. The summed E-state index contributed by atoms with van der Waals surface area (Å²) in [5.41, 5.74) is 1.31. The number of nitrogens with one attached hydrogen (secondary N) is 2. The maximum absolute atomic E-state index is 12.1. The standard InChI is InChI=1S/C19H21ClN2O3/c1-14(23)15-3-7-17(8-4-15)21-19(24)13-22(2)11-12-25-18-9-5-16(20)6-10-18/h3-10H,11-13H2,1-2H3,(H,21,24)/p+1. The molecule has 2 aromatic rings. The molecule has 0 saturated heterocycles. The lowest BCUT2D eigenvalue weighted by atomic mass is 10.1. The molecule has 0 aromatic heterocycles. The maximum Gasteiger partial charge on any atom is 0.279 e. The lowest BCUT2D eigenvalue weighted by Crippen LogP contribution is -3.10. The lowest BCUT2D eigenvalue weighted by molar-refractivity contribution is -0.871. The second-order valence-corrected chi connectivity index (χ2v) is 6.30. The van der Waals surface area contributed by atoms with Crippen molar-refractivity contribution in [2.24, 2.45) is 0 Å². The van der Waals surface area contributed by atoms with E-state index in [0.717, 1.165) is 10.6 Å². The van der Waals surface area contributed by atoms with Crippen molar-refractivity contribution >= 4 is 29.0 Å². The Balaban J connectivity index is 1.72. The fourth-order valence-electron chi connectivity index (χ4n) is 2.23. The predicted octanol–water partition coefficient (Wildman–Crippen LogP) is 2.07. The van der Waals surface area contributed by atoms with E-state index in [-0.39, 0.29) is 11.7 Å². The minimum absolute atomic E-state index is 0.00254. The van der Waals surface area contributed by atoms with Crippen molar-refractivity contribution in [3.05, 3.63) is 59.1 Å². The Morgan fingerprint density at radius 3 is 2.32 bits per heavy atom. The smallest absolute Gasteiger partial charge is 0.279 e. The van der Waals surface area contributed by atoms with Crippen LogP contribution in [0.2, 0.25) is 5.02 Å². The highest BCUT2D eigenvalue weighted by atomic mass is 35.5. The topological polar surface area (TPSA) is 59.8 Å². The van der Waals surface area contributed by atoms with Gasteiger partial charge in [0, 0.05) is 16.3 Å². The van der Waals surface area contributed by atoms with Gasteiger partial charge in [-0.1, -0.05) is 11.6 Å². The molecule has 0 fully saturated rings. The minimum Gasteiger partial charge on any atom is -0.488 e. The summed E-state index contributed by atoms with van der Waals surface area (Å²) < 4.78 is 5.62. The summed E-state index contributed by atoms with van der Waals surface area (Å²) in [7, 11) is 1.93. The van der Waals surface area contributed by atoms with Crippen LogP contribution in [0.3, 0.4) is 0 Å². The van der Waals surface area contributed by atoms with E-state index in [9.17, 15) is 9.59 Å². The van der Waals surface area contributed by atoms with Crippen molar-refractivity contribution in [3.8, 4) is 5.75 Å². The highest BCUT2D eigenvalue weighted by Crippen LogP contribution is 2.15. The first-order valence-electron chi connectivity index (χ1n) is 8.04. The molecule has 0 aliphatic heterocycles. The second kappa shape index (κ2) is 9.20. The molecule has 0 aliphatic carbocycles. The quantitative estimate of drug-likeness (QED) is 0.708. The fourth-order valence-corrected chi connectivity index (χ4v) is 2.36. The molecule has 2 N–H and O–H groups in total. The number of carbonyl (C=O) groups is 2. The molecule has 1 atom stereocenters. The van der Waals surface area contributed by atoms with Gasteiger partial charge in [0.25, 0.3) is 5.91 Å². The number of hydrogen-bond acceptors (Lipinski definition) is 3. The van der Waals surface area contributed by atoms with Gasteiger partial charge < -0.3 is 15.0 Å². The van der Waals surface area contributed by atoms with Gasteiger partial charge in [-0.05, 0) is 55.5 Å². The van der Waals surface area contributed by atoms with Crippen LogP contribution in [0.1, 0.15) is 17.3 Å². The monoisotopic (exact) mass is 361 g/mol. The first kappa shape index (κ1) is 19.0. The molecular weight excluding hydrogens is 340 g/mol. The highest BCUT2D eigenvalue weighted by Gasteiger charge is 2.10. The third-order valence-electron chi connectivity index (χ3n) is 3.65. The lowest BCUT2D eigenvalue weighted by Gasteiger charge is -2.14. The third kappa shape index (κ3) is 6.57. The summed E-state index contributed by atoms with van der Waals surface area (Å²) in [5.74, 6) is 0.675. The molecule has 5 nitrogen and oxygen atoms in total. The molecule has 0 heterocycles. The van der Waals surface area contributed by atoms with Gasteiger partial charge in [-0.25, -0.2) is 0 Å². The Morgan fingerprint density at radius 2 is 1.72 bits per heavy atom. The van der Waals surface area contributed by atoms with Crippen LogP contribution in [0.5, 0.6) is 5.75 Å². The Morgan fingerprint density at radius 1 is 1.08 bits per heavy atom. The zero-order chi connectivity index (χ0) is 18.2. The molecule has 0 aliphatic rings. The molecule has 1 unspecified atom stereocenters. The minimum atomic E-state index is -0.0837. The zero-order valence-electron chi connectivity index (χ0n) is 14.3. The van der Waals surface area contributed by atoms with Crippen molar-refractivity contribution in [1.29, 1.82) is 0 Å². The number of ether oxygens (including phenoxy) is 1. The van der Waals surface area contributed by atoms with Crippen LogP contribution in [-0.4, -0.2) is 38.4 Å². The number of anilines is 1. The molecule has 0 radical (unpaired) electrons.